The summed E-state index contributed by atoms with van der Waals surface area (Å²) in [5, 5.41) is 5.72. The second kappa shape index (κ2) is 4.20. The summed E-state index contributed by atoms with van der Waals surface area (Å²) < 4.78 is 0. The highest BCUT2D eigenvalue weighted by Crippen LogP contribution is 2.47. The molecule has 2 rings (SSSR count). The van der Waals surface area contributed by atoms with Gasteiger partial charge in [-0.15, -0.1) is 0 Å². The molecule has 14 heavy (non-hydrogen) atoms. The van der Waals surface area contributed by atoms with Gasteiger partial charge >= 0.3 is 6.03 Å². The summed E-state index contributed by atoms with van der Waals surface area (Å²) in [4.78, 5) is 11.2. The summed E-state index contributed by atoms with van der Waals surface area (Å²) in [5.74, 6) is 2.64. The van der Waals surface area contributed by atoms with E-state index >= 15 is 0 Å². The van der Waals surface area contributed by atoms with E-state index in [1.165, 1.54) is 25.7 Å². The third-order valence-electron chi connectivity index (χ3n) is 3.75. The number of hydrogen-bond donors (Lipinski definition) is 2. The number of carbonyl (C=O) groups excluding carboxylic acids is 1. The summed E-state index contributed by atoms with van der Waals surface area (Å²) in [7, 11) is 0. The molecular formula is C11H20N2O. The van der Waals surface area contributed by atoms with Gasteiger partial charge in [0.25, 0.3) is 0 Å². The zero-order valence-corrected chi connectivity index (χ0v) is 8.88. The highest BCUT2D eigenvalue weighted by Gasteiger charge is 2.39. The first-order valence-corrected chi connectivity index (χ1v) is 5.81. The van der Waals surface area contributed by atoms with E-state index in [1.54, 1.807) is 0 Å². The Balaban J connectivity index is 1.69. The van der Waals surface area contributed by atoms with Crippen LogP contribution in [0.4, 0.5) is 4.79 Å². The van der Waals surface area contributed by atoms with Crippen molar-refractivity contribution in [2.24, 2.45) is 17.8 Å². The summed E-state index contributed by atoms with van der Waals surface area (Å²) in [6, 6.07) is -0.00438. The number of urea groups is 1. The fourth-order valence-corrected chi connectivity index (χ4v) is 3.07. The first-order valence-electron chi connectivity index (χ1n) is 5.81. The molecule has 3 heteroatoms. The van der Waals surface area contributed by atoms with Crippen LogP contribution >= 0.6 is 0 Å². The highest BCUT2D eigenvalue weighted by molar-refractivity contribution is 5.73. The normalized spacial score (nSPS) is 34.5. The average Bonchev–Trinajstić information content (AvgIpc) is 2.76. The Hall–Kier alpha value is -0.730. The molecule has 0 aliphatic heterocycles. The third-order valence-corrected chi connectivity index (χ3v) is 3.75. The van der Waals surface area contributed by atoms with Crippen LogP contribution in [-0.2, 0) is 0 Å². The molecule has 2 saturated carbocycles. The Labute approximate surface area is 85.6 Å². The molecule has 0 saturated heterocycles. The van der Waals surface area contributed by atoms with Crippen LogP contribution in [-0.4, -0.2) is 19.1 Å². The van der Waals surface area contributed by atoms with E-state index in [9.17, 15) is 4.79 Å². The quantitative estimate of drug-likeness (QED) is 0.709. The Morgan fingerprint density at radius 2 is 2.14 bits per heavy atom. The van der Waals surface area contributed by atoms with Gasteiger partial charge in [-0.2, -0.15) is 0 Å². The molecule has 0 aromatic rings. The third kappa shape index (κ3) is 2.02. The maximum Gasteiger partial charge on any atom is 0.314 e. The Morgan fingerprint density at radius 1 is 1.29 bits per heavy atom. The van der Waals surface area contributed by atoms with Gasteiger partial charge in [-0.25, -0.2) is 4.79 Å². The summed E-state index contributed by atoms with van der Waals surface area (Å²) >= 11 is 0. The number of hydrogen-bond acceptors (Lipinski definition) is 1. The highest BCUT2D eigenvalue weighted by atomic mass is 16.2. The molecule has 0 unspecified atom stereocenters. The van der Waals surface area contributed by atoms with Crippen molar-refractivity contribution in [3.63, 3.8) is 0 Å². The van der Waals surface area contributed by atoms with Gasteiger partial charge in [-0.1, -0.05) is 6.42 Å². The van der Waals surface area contributed by atoms with Gasteiger partial charge in [0.1, 0.15) is 0 Å². The van der Waals surface area contributed by atoms with Crippen molar-refractivity contribution in [3.8, 4) is 0 Å². The minimum atomic E-state index is -0.00438. The van der Waals surface area contributed by atoms with Gasteiger partial charge in [-0.05, 0) is 43.9 Å². The zero-order chi connectivity index (χ0) is 9.97. The van der Waals surface area contributed by atoms with Crippen LogP contribution < -0.4 is 10.6 Å². The Kier molecular flexibility index (Phi) is 2.94. The van der Waals surface area contributed by atoms with Gasteiger partial charge in [0.05, 0.1) is 0 Å². The molecule has 2 N–H and O–H groups in total. The Morgan fingerprint density at radius 3 is 2.71 bits per heavy atom. The predicted octanol–water partition coefficient (Wildman–Crippen LogP) is 1.74. The first-order chi connectivity index (χ1) is 6.79. The van der Waals surface area contributed by atoms with E-state index in [0.29, 0.717) is 6.54 Å². The molecule has 0 aromatic heterocycles. The first kappa shape index (κ1) is 9.81. The van der Waals surface area contributed by atoms with Crippen LogP contribution in [0.15, 0.2) is 0 Å². The smallest absolute Gasteiger partial charge is 0.314 e. The molecule has 0 spiro atoms. The standard InChI is InChI=1S/C11H20N2O/c1-2-12-11(14)13-7-10-6-8-3-4-9(10)5-8/h8-10H,2-7H2,1H3,(H2,12,13,14)/t8-,9-,10+/m0/s1. The SMILES string of the molecule is CCNC(=O)NC[C@H]1C[C@H]2CC[C@H]1C2. The number of amides is 2. The number of carbonyl (C=O) groups is 1. The van der Waals surface area contributed by atoms with Crippen molar-refractivity contribution in [1.29, 1.82) is 0 Å². The largest absolute Gasteiger partial charge is 0.338 e. The predicted molar refractivity (Wildman–Crippen MR) is 56.0 cm³/mol. The van der Waals surface area contributed by atoms with Gasteiger partial charge in [0, 0.05) is 13.1 Å². The zero-order valence-electron chi connectivity index (χ0n) is 8.88. The van der Waals surface area contributed by atoms with Gasteiger partial charge in [0.2, 0.25) is 0 Å². The average molecular weight is 196 g/mol. The molecule has 0 heterocycles. The molecule has 3 atom stereocenters. The van der Waals surface area contributed by atoms with E-state index in [4.69, 9.17) is 0 Å². The van der Waals surface area contributed by atoms with Crippen LogP contribution in [0.25, 0.3) is 0 Å². The lowest BCUT2D eigenvalue weighted by atomic mass is 9.89. The number of fused-ring (bicyclic) bond motifs is 2. The summed E-state index contributed by atoms with van der Waals surface area (Å²) in [5.41, 5.74) is 0. The lowest BCUT2D eigenvalue weighted by molar-refractivity contribution is 0.235. The van der Waals surface area contributed by atoms with Gasteiger partial charge in [0.15, 0.2) is 0 Å². The van der Waals surface area contributed by atoms with Crippen molar-refractivity contribution < 1.29 is 4.79 Å². The van der Waals surface area contributed by atoms with Crippen LogP contribution in [0, 0.1) is 17.8 Å². The minimum absolute atomic E-state index is 0.00438. The van der Waals surface area contributed by atoms with Crippen molar-refractivity contribution >= 4 is 6.03 Å². The van der Waals surface area contributed by atoms with Crippen LogP contribution in [0.3, 0.4) is 0 Å². The van der Waals surface area contributed by atoms with E-state index in [1.807, 2.05) is 6.92 Å². The fourth-order valence-electron chi connectivity index (χ4n) is 3.07. The van der Waals surface area contributed by atoms with E-state index in [-0.39, 0.29) is 6.03 Å². The second-order valence-electron chi connectivity index (χ2n) is 4.68. The maximum absolute atomic E-state index is 11.2. The molecular weight excluding hydrogens is 176 g/mol. The minimum Gasteiger partial charge on any atom is -0.338 e. The molecule has 0 radical (unpaired) electrons. The number of rotatable bonds is 3. The molecule has 2 fully saturated rings. The van der Waals surface area contributed by atoms with Crippen molar-refractivity contribution in [3.05, 3.63) is 0 Å². The molecule has 2 aliphatic carbocycles. The summed E-state index contributed by atoms with van der Waals surface area (Å²) in [6.07, 6.45) is 5.59. The maximum atomic E-state index is 11.2. The van der Waals surface area contributed by atoms with E-state index in [2.05, 4.69) is 10.6 Å². The lowest BCUT2D eigenvalue weighted by Crippen LogP contribution is -2.39. The molecule has 2 aliphatic rings. The van der Waals surface area contributed by atoms with Crippen LogP contribution in [0.1, 0.15) is 32.6 Å². The second-order valence-corrected chi connectivity index (χ2v) is 4.68. The summed E-state index contributed by atoms with van der Waals surface area (Å²) in [6.45, 7) is 3.53. The number of nitrogens with one attached hydrogen (secondary N) is 2. The molecule has 0 aromatic carbocycles. The molecule has 80 valence electrons. The lowest BCUT2D eigenvalue weighted by Gasteiger charge is -2.21. The van der Waals surface area contributed by atoms with Crippen molar-refractivity contribution in [2.75, 3.05) is 13.1 Å². The molecule has 2 amide bonds. The van der Waals surface area contributed by atoms with Crippen LogP contribution in [0.2, 0.25) is 0 Å². The van der Waals surface area contributed by atoms with Gasteiger partial charge in [-0.3, -0.25) is 0 Å². The Bertz CT molecular complexity index is 217. The molecule has 3 nitrogen and oxygen atoms in total. The van der Waals surface area contributed by atoms with E-state index < -0.39 is 0 Å². The molecule has 2 bridgehead atoms. The monoisotopic (exact) mass is 196 g/mol. The topological polar surface area (TPSA) is 41.1 Å². The fraction of sp³-hybridized carbons (Fsp3) is 0.909. The van der Waals surface area contributed by atoms with Crippen molar-refractivity contribution in [1.82, 2.24) is 10.6 Å². The van der Waals surface area contributed by atoms with Gasteiger partial charge < -0.3 is 10.6 Å². The van der Waals surface area contributed by atoms with Crippen molar-refractivity contribution in [2.45, 2.75) is 32.6 Å². The van der Waals surface area contributed by atoms with Crippen LogP contribution in [0.5, 0.6) is 0 Å². The van der Waals surface area contributed by atoms with E-state index in [0.717, 1.165) is 24.3 Å².